The van der Waals surface area contributed by atoms with Crippen molar-refractivity contribution in [1.82, 2.24) is 4.90 Å². The third-order valence-corrected chi connectivity index (χ3v) is 4.68. The summed E-state index contributed by atoms with van der Waals surface area (Å²) in [7, 11) is 0. The van der Waals surface area contributed by atoms with Gasteiger partial charge in [0.15, 0.2) is 5.75 Å². The molecule has 2 bridgehead atoms. The molecule has 0 spiro atoms. The molecule has 8 heteroatoms. The monoisotopic (exact) mass is 336 g/mol. The molecule has 2 N–H and O–H groups in total. The summed E-state index contributed by atoms with van der Waals surface area (Å²) in [6.07, 6.45) is 2.23. The van der Waals surface area contributed by atoms with Crippen molar-refractivity contribution in [3.05, 3.63) is 29.1 Å². The average Bonchev–Trinajstić information content (AvgIpc) is 2.78. The number of rotatable bonds is 4. The van der Waals surface area contributed by atoms with E-state index in [9.17, 15) is 22.0 Å². The Morgan fingerprint density at radius 1 is 0.870 bits per heavy atom. The normalized spacial score (nSPS) is 27.5. The van der Waals surface area contributed by atoms with Crippen molar-refractivity contribution in [3.63, 3.8) is 0 Å². The smallest absolute Gasteiger partial charge is 0.207 e. The Morgan fingerprint density at radius 3 is 1.83 bits per heavy atom. The first-order valence-electron chi connectivity index (χ1n) is 7.58. The van der Waals surface area contributed by atoms with Crippen molar-refractivity contribution in [2.45, 2.75) is 43.9 Å². The highest BCUT2D eigenvalue weighted by atomic mass is 19.2. The second kappa shape index (κ2) is 6.24. The van der Waals surface area contributed by atoms with Crippen LogP contribution in [0.5, 0.6) is 5.75 Å². The fourth-order valence-corrected chi connectivity index (χ4v) is 3.69. The number of benzene rings is 1. The van der Waals surface area contributed by atoms with E-state index in [4.69, 9.17) is 10.5 Å². The van der Waals surface area contributed by atoms with Crippen LogP contribution in [0.25, 0.3) is 0 Å². The molecule has 1 aromatic rings. The van der Waals surface area contributed by atoms with E-state index in [-0.39, 0.29) is 12.1 Å². The summed E-state index contributed by atoms with van der Waals surface area (Å²) < 4.78 is 72.1. The zero-order chi connectivity index (χ0) is 16.7. The van der Waals surface area contributed by atoms with Gasteiger partial charge in [-0.15, -0.1) is 0 Å². The zero-order valence-electron chi connectivity index (χ0n) is 12.3. The van der Waals surface area contributed by atoms with Crippen LogP contribution in [0.2, 0.25) is 0 Å². The quantitative estimate of drug-likeness (QED) is 0.522. The molecule has 0 radical (unpaired) electrons. The molecule has 1 aromatic carbocycles. The van der Waals surface area contributed by atoms with E-state index < -0.39 is 40.9 Å². The van der Waals surface area contributed by atoms with Crippen LogP contribution in [0, 0.1) is 29.1 Å². The van der Waals surface area contributed by atoms with E-state index in [2.05, 4.69) is 4.90 Å². The fourth-order valence-electron chi connectivity index (χ4n) is 3.69. The highest BCUT2D eigenvalue weighted by molar-refractivity contribution is 5.30. The second-order valence-corrected chi connectivity index (χ2v) is 6.02. The van der Waals surface area contributed by atoms with Gasteiger partial charge in [0.2, 0.25) is 29.1 Å². The average molecular weight is 336 g/mol. The van der Waals surface area contributed by atoms with Crippen LogP contribution in [0.4, 0.5) is 22.0 Å². The largest absolute Gasteiger partial charge is 0.484 e. The van der Waals surface area contributed by atoms with E-state index in [0.29, 0.717) is 19.4 Å². The van der Waals surface area contributed by atoms with Crippen LogP contribution in [0.1, 0.15) is 25.7 Å². The lowest BCUT2D eigenvalue weighted by Gasteiger charge is -2.38. The molecular weight excluding hydrogens is 319 g/mol. The Bertz CT molecular complexity index is 569. The van der Waals surface area contributed by atoms with Gasteiger partial charge in [-0.05, 0) is 25.7 Å². The molecule has 0 saturated carbocycles. The lowest BCUT2D eigenvalue weighted by molar-refractivity contribution is 0.0458. The molecule has 0 aromatic heterocycles. The minimum atomic E-state index is -2.18. The Balaban J connectivity index is 1.80. The topological polar surface area (TPSA) is 38.5 Å². The van der Waals surface area contributed by atoms with Crippen LogP contribution in [0.3, 0.4) is 0 Å². The van der Waals surface area contributed by atoms with Gasteiger partial charge >= 0.3 is 0 Å². The predicted octanol–water partition coefficient (Wildman–Crippen LogP) is 2.72. The molecule has 2 heterocycles. The molecule has 3 rings (SSSR count). The van der Waals surface area contributed by atoms with Gasteiger partial charge in [-0.1, -0.05) is 0 Å². The summed E-state index contributed by atoms with van der Waals surface area (Å²) in [6.45, 7) is 1.24. The highest BCUT2D eigenvalue weighted by Gasteiger charge is 2.42. The zero-order valence-corrected chi connectivity index (χ0v) is 12.3. The second-order valence-electron chi connectivity index (χ2n) is 6.02. The van der Waals surface area contributed by atoms with Crippen LogP contribution >= 0.6 is 0 Å². The van der Waals surface area contributed by atoms with Gasteiger partial charge in [-0.3, -0.25) is 4.90 Å². The molecule has 3 nitrogen and oxygen atoms in total. The summed E-state index contributed by atoms with van der Waals surface area (Å²) in [5, 5.41) is 0. The van der Waals surface area contributed by atoms with Crippen molar-refractivity contribution in [2.75, 3.05) is 13.1 Å². The molecule has 128 valence electrons. The van der Waals surface area contributed by atoms with E-state index in [1.165, 1.54) is 0 Å². The molecule has 2 unspecified atom stereocenters. The molecule has 2 aliphatic rings. The lowest BCUT2D eigenvalue weighted by atomic mass is 9.99. The van der Waals surface area contributed by atoms with E-state index >= 15 is 0 Å². The van der Waals surface area contributed by atoms with E-state index in [1.54, 1.807) is 0 Å². The first-order valence-corrected chi connectivity index (χ1v) is 7.58. The van der Waals surface area contributed by atoms with Gasteiger partial charge in [0.05, 0.1) is 0 Å². The summed E-state index contributed by atoms with van der Waals surface area (Å²) in [6, 6.07) is 0.340. The molecular formula is C15H17F5N2O. The number of halogens is 5. The van der Waals surface area contributed by atoms with Gasteiger partial charge in [-0.2, -0.15) is 8.78 Å². The molecule has 2 saturated heterocycles. The Morgan fingerprint density at radius 2 is 1.35 bits per heavy atom. The van der Waals surface area contributed by atoms with E-state index in [1.807, 2.05) is 0 Å². The summed E-state index contributed by atoms with van der Waals surface area (Å²) in [5.74, 6) is -11.2. The Labute approximate surface area is 130 Å². The van der Waals surface area contributed by atoms with Crippen molar-refractivity contribution in [1.29, 1.82) is 0 Å². The maximum absolute atomic E-state index is 13.7. The molecule has 2 fully saturated rings. The van der Waals surface area contributed by atoms with Crippen molar-refractivity contribution < 1.29 is 26.7 Å². The van der Waals surface area contributed by atoms with Crippen LogP contribution in [0.15, 0.2) is 0 Å². The van der Waals surface area contributed by atoms with Gasteiger partial charge in [0, 0.05) is 25.2 Å². The first kappa shape index (κ1) is 16.4. The molecule has 2 atom stereocenters. The van der Waals surface area contributed by atoms with Gasteiger partial charge in [0.25, 0.3) is 0 Å². The lowest BCUT2D eigenvalue weighted by Crippen LogP contribution is -2.48. The van der Waals surface area contributed by atoms with E-state index in [0.717, 1.165) is 19.4 Å². The molecule has 23 heavy (non-hydrogen) atoms. The summed E-state index contributed by atoms with van der Waals surface area (Å²) in [5.41, 5.74) is 5.57. The van der Waals surface area contributed by atoms with Crippen molar-refractivity contribution in [2.24, 2.45) is 5.73 Å². The summed E-state index contributed by atoms with van der Waals surface area (Å²) in [4.78, 5) is 2.23. The summed E-state index contributed by atoms with van der Waals surface area (Å²) >= 11 is 0. The Hall–Kier alpha value is -1.41. The number of hydrogen-bond acceptors (Lipinski definition) is 3. The fraction of sp³-hybridized carbons (Fsp3) is 0.600. The van der Waals surface area contributed by atoms with Crippen LogP contribution in [-0.4, -0.2) is 36.2 Å². The molecule has 2 aliphatic heterocycles. The van der Waals surface area contributed by atoms with Crippen molar-refractivity contribution >= 4 is 0 Å². The Kier molecular flexibility index (Phi) is 4.46. The standard InChI is InChI=1S/C15H17F5N2O/c16-10-11(17)13(19)15(14(20)12(10)18)23-9-5-7-1-2-8(6-9)22(7)4-3-21/h7-9H,1-6,21H2. The van der Waals surface area contributed by atoms with Crippen molar-refractivity contribution in [3.8, 4) is 5.75 Å². The number of fused-ring (bicyclic) bond motifs is 2. The van der Waals surface area contributed by atoms with Crippen LogP contribution in [-0.2, 0) is 0 Å². The molecule has 0 aliphatic carbocycles. The first-order chi connectivity index (χ1) is 10.9. The van der Waals surface area contributed by atoms with Gasteiger partial charge in [-0.25, -0.2) is 13.2 Å². The third kappa shape index (κ3) is 2.78. The minimum absolute atomic E-state index is 0.170. The van der Waals surface area contributed by atoms with Gasteiger partial charge in [0.1, 0.15) is 6.10 Å². The predicted molar refractivity (Wildman–Crippen MR) is 72.5 cm³/mol. The number of ether oxygens (including phenoxy) is 1. The maximum Gasteiger partial charge on any atom is 0.207 e. The third-order valence-electron chi connectivity index (χ3n) is 4.68. The maximum atomic E-state index is 13.7. The number of hydrogen-bond donors (Lipinski definition) is 1. The molecule has 0 amide bonds. The number of nitrogens with two attached hydrogens (primary N) is 1. The highest BCUT2D eigenvalue weighted by Crippen LogP contribution is 2.38. The van der Waals surface area contributed by atoms with Gasteiger partial charge < -0.3 is 10.5 Å². The number of nitrogens with zero attached hydrogens (tertiary/aromatic N) is 1. The minimum Gasteiger partial charge on any atom is -0.484 e. The number of piperidine rings is 1. The van der Waals surface area contributed by atoms with Crippen LogP contribution < -0.4 is 10.5 Å². The SMILES string of the molecule is NCCN1C2CCC1CC(Oc1c(F)c(F)c(F)c(F)c1F)C2.